The van der Waals surface area contributed by atoms with E-state index < -0.39 is 0 Å². The van der Waals surface area contributed by atoms with Crippen molar-refractivity contribution in [1.29, 1.82) is 0 Å². The number of rotatable bonds is 6. The quantitative estimate of drug-likeness (QED) is 0.371. The van der Waals surface area contributed by atoms with Crippen LogP contribution in [-0.2, 0) is 11.2 Å². The molecule has 35 heavy (non-hydrogen) atoms. The second-order valence-electron chi connectivity index (χ2n) is 9.28. The molecule has 2 aromatic heterocycles. The van der Waals surface area contributed by atoms with Crippen molar-refractivity contribution in [3.05, 3.63) is 81.1 Å². The van der Waals surface area contributed by atoms with Crippen LogP contribution in [0.3, 0.4) is 0 Å². The van der Waals surface area contributed by atoms with E-state index in [9.17, 15) is 9.59 Å². The van der Waals surface area contributed by atoms with Crippen LogP contribution in [0.15, 0.2) is 64.4 Å². The first-order chi connectivity index (χ1) is 17.0. The Labute approximate surface area is 214 Å². The van der Waals surface area contributed by atoms with Gasteiger partial charge in [0.15, 0.2) is 0 Å². The fourth-order valence-corrected chi connectivity index (χ4v) is 5.94. The monoisotopic (exact) mass is 504 g/mol. The summed E-state index contributed by atoms with van der Waals surface area (Å²) in [5.41, 5.74) is 1.93. The molecule has 1 saturated heterocycles. The first-order valence-electron chi connectivity index (χ1n) is 12.1. The van der Waals surface area contributed by atoms with Crippen LogP contribution < -0.4 is 10.9 Å². The molecular formula is C27H28N4O2S2. The number of thiocarbonyl (C=S) groups is 1. The number of anilines is 1. The van der Waals surface area contributed by atoms with Crippen molar-refractivity contribution in [3.8, 4) is 0 Å². The number of hydrogen-bond donors (Lipinski definition) is 1. The van der Waals surface area contributed by atoms with Gasteiger partial charge in [-0.2, -0.15) is 0 Å². The molecule has 1 N–H and O–H groups in total. The number of hydrogen-bond acceptors (Lipinski definition) is 6. The van der Waals surface area contributed by atoms with E-state index in [1.54, 1.807) is 23.2 Å². The average molecular weight is 505 g/mol. The lowest BCUT2D eigenvalue weighted by Gasteiger charge is -2.27. The molecular weight excluding hydrogens is 476 g/mol. The Morgan fingerprint density at radius 1 is 1.09 bits per heavy atom. The third-order valence-corrected chi connectivity index (χ3v) is 8.12. The Bertz CT molecular complexity index is 1340. The van der Waals surface area contributed by atoms with Gasteiger partial charge in [0.05, 0.1) is 10.5 Å². The maximum atomic E-state index is 13.5. The zero-order chi connectivity index (χ0) is 24.4. The summed E-state index contributed by atoms with van der Waals surface area (Å²) in [5.74, 6) is 1.10. The molecule has 0 unspecified atom stereocenters. The number of nitrogens with one attached hydrogen (secondary N) is 1. The van der Waals surface area contributed by atoms with E-state index >= 15 is 0 Å². The molecule has 1 aliphatic carbocycles. The highest BCUT2D eigenvalue weighted by Crippen LogP contribution is 2.34. The molecule has 3 aromatic rings. The summed E-state index contributed by atoms with van der Waals surface area (Å²) in [7, 11) is 0. The summed E-state index contributed by atoms with van der Waals surface area (Å²) < 4.78 is 2.04. The third kappa shape index (κ3) is 5.18. The summed E-state index contributed by atoms with van der Waals surface area (Å²) >= 11 is 6.77. The van der Waals surface area contributed by atoms with Crippen molar-refractivity contribution in [3.63, 3.8) is 0 Å². The largest absolute Gasteiger partial charge is 0.367 e. The lowest BCUT2D eigenvalue weighted by atomic mass is 9.87. The number of pyridine rings is 1. The van der Waals surface area contributed by atoms with Gasteiger partial charge in [0.2, 0.25) is 0 Å². The van der Waals surface area contributed by atoms with Crippen molar-refractivity contribution in [2.24, 2.45) is 5.92 Å². The number of thioether (sulfide) groups is 1. The fraction of sp³-hybridized carbons (Fsp3) is 0.333. The lowest BCUT2D eigenvalue weighted by Crippen LogP contribution is -2.30. The molecule has 0 radical (unpaired) electrons. The van der Waals surface area contributed by atoms with Gasteiger partial charge in [-0.3, -0.25) is 18.9 Å². The normalized spacial score (nSPS) is 21.7. The predicted molar refractivity (Wildman–Crippen MR) is 147 cm³/mol. The van der Waals surface area contributed by atoms with Crippen LogP contribution in [0.5, 0.6) is 0 Å². The van der Waals surface area contributed by atoms with Crippen LogP contribution in [0.2, 0.25) is 0 Å². The fourth-order valence-electron chi connectivity index (χ4n) is 4.65. The van der Waals surface area contributed by atoms with Crippen LogP contribution in [0.4, 0.5) is 5.82 Å². The average Bonchev–Trinajstić information content (AvgIpc) is 3.14. The van der Waals surface area contributed by atoms with Gasteiger partial charge in [-0.25, -0.2) is 4.98 Å². The van der Waals surface area contributed by atoms with Crippen LogP contribution in [0.25, 0.3) is 11.7 Å². The molecule has 8 heteroatoms. The number of carbonyl (C=O) groups excluding carboxylic acids is 1. The number of fused-ring (bicyclic) bond motifs is 1. The first-order valence-corrected chi connectivity index (χ1v) is 13.3. The Kier molecular flexibility index (Phi) is 7.02. The molecule has 180 valence electrons. The minimum Gasteiger partial charge on any atom is -0.367 e. The summed E-state index contributed by atoms with van der Waals surface area (Å²) in [5, 5.41) is 3.52. The Morgan fingerprint density at radius 2 is 1.83 bits per heavy atom. The molecule has 0 atom stereocenters. The molecule has 2 aliphatic rings. The highest BCUT2D eigenvalue weighted by molar-refractivity contribution is 8.26. The maximum absolute atomic E-state index is 13.5. The number of carbonyl (C=O) groups is 1. The molecule has 0 bridgehead atoms. The molecule has 1 aliphatic heterocycles. The van der Waals surface area contributed by atoms with Gasteiger partial charge in [0.1, 0.15) is 15.8 Å². The zero-order valence-corrected chi connectivity index (χ0v) is 21.3. The van der Waals surface area contributed by atoms with Gasteiger partial charge in [0, 0.05) is 18.8 Å². The highest BCUT2D eigenvalue weighted by Gasteiger charge is 2.32. The SMILES string of the molecule is CC1CCC(Nc2nc3ccccn3c(=O)c2/C=C2/SC(=S)N(CCc3ccccc3)C2=O)CC1. The number of benzene rings is 1. The van der Waals surface area contributed by atoms with Crippen LogP contribution in [0.1, 0.15) is 43.7 Å². The minimum absolute atomic E-state index is 0.161. The molecule has 2 fully saturated rings. The second-order valence-corrected chi connectivity index (χ2v) is 11.0. The Hall–Kier alpha value is -2.97. The van der Waals surface area contributed by atoms with Crippen molar-refractivity contribution >= 4 is 51.7 Å². The first kappa shape index (κ1) is 23.8. The molecule has 1 aromatic carbocycles. The predicted octanol–water partition coefficient (Wildman–Crippen LogP) is 5.13. The van der Waals surface area contributed by atoms with E-state index in [0.717, 1.165) is 37.2 Å². The lowest BCUT2D eigenvalue weighted by molar-refractivity contribution is -0.122. The van der Waals surface area contributed by atoms with Crippen molar-refractivity contribution in [2.45, 2.75) is 45.1 Å². The van der Waals surface area contributed by atoms with Crippen LogP contribution in [0, 0.1) is 5.92 Å². The Balaban J connectivity index is 1.45. The standard InChI is InChI=1S/C27H28N4O2S2/c1-18-10-12-20(13-11-18)28-24-21(25(32)30-15-6-5-9-23(30)29-24)17-22-26(33)31(27(34)35-22)16-14-19-7-3-2-4-8-19/h2-9,15,17-18,20,28H,10-14,16H2,1H3/b22-17+. The van der Waals surface area contributed by atoms with Gasteiger partial charge in [-0.1, -0.05) is 67.3 Å². The van der Waals surface area contributed by atoms with E-state index in [0.29, 0.717) is 39.2 Å². The second kappa shape index (κ2) is 10.3. The number of nitrogens with zero attached hydrogens (tertiary/aromatic N) is 3. The zero-order valence-electron chi connectivity index (χ0n) is 19.6. The number of amides is 1. The summed E-state index contributed by atoms with van der Waals surface area (Å²) in [4.78, 5) is 33.6. The smallest absolute Gasteiger partial charge is 0.267 e. The van der Waals surface area contributed by atoms with Gasteiger partial charge < -0.3 is 5.32 Å². The van der Waals surface area contributed by atoms with Crippen molar-refractivity contribution < 1.29 is 4.79 Å². The van der Waals surface area contributed by atoms with Gasteiger partial charge in [-0.15, -0.1) is 0 Å². The maximum Gasteiger partial charge on any atom is 0.267 e. The molecule has 6 nitrogen and oxygen atoms in total. The summed E-state index contributed by atoms with van der Waals surface area (Å²) in [6, 6.07) is 15.8. The van der Waals surface area contributed by atoms with Crippen LogP contribution in [-0.4, -0.2) is 37.1 Å². The molecule has 1 amide bonds. The van der Waals surface area contributed by atoms with Gasteiger partial charge >= 0.3 is 0 Å². The van der Waals surface area contributed by atoms with Gasteiger partial charge in [-0.05, 0) is 61.8 Å². The number of aromatic nitrogens is 2. The summed E-state index contributed by atoms with van der Waals surface area (Å²) in [6.45, 7) is 2.79. The van der Waals surface area contributed by atoms with Crippen LogP contribution >= 0.6 is 24.0 Å². The topological polar surface area (TPSA) is 66.7 Å². The van der Waals surface area contributed by atoms with E-state index in [1.165, 1.54) is 16.2 Å². The van der Waals surface area contributed by atoms with E-state index in [-0.39, 0.29) is 17.5 Å². The van der Waals surface area contributed by atoms with E-state index in [2.05, 4.69) is 12.2 Å². The molecule has 1 saturated carbocycles. The molecule has 0 spiro atoms. The van der Waals surface area contributed by atoms with E-state index in [4.69, 9.17) is 17.2 Å². The van der Waals surface area contributed by atoms with Crippen molar-refractivity contribution in [1.82, 2.24) is 14.3 Å². The van der Waals surface area contributed by atoms with E-state index in [1.807, 2.05) is 42.5 Å². The van der Waals surface area contributed by atoms with Crippen molar-refractivity contribution in [2.75, 3.05) is 11.9 Å². The minimum atomic E-state index is -0.197. The third-order valence-electron chi connectivity index (χ3n) is 6.74. The molecule has 3 heterocycles. The van der Waals surface area contributed by atoms with Gasteiger partial charge in [0.25, 0.3) is 11.5 Å². The Morgan fingerprint density at radius 3 is 2.60 bits per heavy atom. The highest BCUT2D eigenvalue weighted by atomic mass is 32.2. The molecule has 5 rings (SSSR count). The summed E-state index contributed by atoms with van der Waals surface area (Å²) in [6.07, 6.45) is 8.48.